The number of benzene rings is 2. The van der Waals surface area contributed by atoms with Crippen LogP contribution in [0.5, 0.6) is 23.0 Å². The summed E-state index contributed by atoms with van der Waals surface area (Å²) >= 11 is 19.9. The fourth-order valence-corrected chi connectivity index (χ4v) is 7.03. The molecule has 0 aromatic heterocycles. The SMILES string of the molecule is CCCCC(Cl)CCC[C@@H](Cl)C[C@@H](OC)c1cc(O)c([C@@H](CCCC)CCC[C@@H](Cl)C[C@@H](OC)c2cc(O)cc(O)c2)c(O)c1. The van der Waals surface area contributed by atoms with Crippen LogP contribution in [0.1, 0.15) is 139 Å². The molecular formula is C36H55Cl3O6. The summed E-state index contributed by atoms with van der Waals surface area (Å²) in [5.74, 6) is 0.0681. The fourth-order valence-electron chi connectivity index (χ4n) is 6.09. The molecule has 6 nitrogen and oxygen atoms in total. The molecular weight excluding hydrogens is 635 g/mol. The molecule has 256 valence electrons. The normalized spacial score (nSPS) is 15.8. The maximum Gasteiger partial charge on any atom is 0.123 e. The van der Waals surface area contributed by atoms with E-state index in [0.717, 1.165) is 70.6 Å². The van der Waals surface area contributed by atoms with Crippen LogP contribution in [0.4, 0.5) is 0 Å². The van der Waals surface area contributed by atoms with Crippen LogP contribution >= 0.6 is 34.8 Å². The fraction of sp³-hybridized carbons (Fsp3) is 0.667. The lowest BCUT2D eigenvalue weighted by Gasteiger charge is -2.24. The van der Waals surface area contributed by atoms with Crippen molar-refractivity contribution in [3.8, 4) is 23.0 Å². The van der Waals surface area contributed by atoms with Gasteiger partial charge in [0.25, 0.3) is 0 Å². The van der Waals surface area contributed by atoms with Gasteiger partial charge in [-0.25, -0.2) is 0 Å². The van der Waals surface area contributed by atoms with Crippen LogP contribution in [0.15, 0.2) is 30.3 Å². The van der Waals surface area contributed by atoms with E-state index in [9.17, 15) is 20.4 Å². The van der Waals surface area contributed by atoms with Gasteiger partial charge in [0.15, 0.2) is 0 Å². The van der Waals surface area contributed by atoms with Crippen LogP contribution < -0.4 is 0 Å². The highest BCUT2D eigenvalue weighted by molar-refractivity contribution is 6.21. The summed E-state index contributed by atoms with van der Waals surface area (Å²) in [7, 11) is 3.21. The molecule has 0 aliphatic carbocycles. The number of unbranched alkanes of at least 4 members (excludes halogenated alkanes) is 2. The van der Waals surface area contributed by atoms with E-state index in [1.807, 2.05) is 0 Å². The minimum absolute atomic E-state index is 0.0258. The highest BCUT2D eigenvalue weighted by atomic mass is 35.5. The third-order valence-corrected chi connectivity index (χ3v) is 9.85. The zero-order valence-corrected chi connectivity index (χ0v) is 29.8. The first kappa shape index (κ1) is 39.6. The summed E-state index contributed by atoms with van der Waals surface area (Å²) in [5, 5.41) is 42.0. The molecule has 0 bridgehead atoms. The molecule has 2 rings (SSSR count). The predicted octanol–water partition coefficient (Wildman–Crippen LogP) is 11.0. The summed E-state index contributed by atoms with van der Waals surface area (Å²) in [4.78, 5) is 0. The van der Waals surface area contributed by atoms with E-state index in [-0.39, 0.29) is 57.3 Å². The van der Waals surface area contributed by atoms with Gasteiger partial charge in [0, 0.05) is 42.0 Å². The van der Waals surface area contributed by atoms with Crippen molar-refractivity contribution < 1.29 is 29.9 Å². The monoisotopic (exact) mass is 688 g/mol. The summed E-state index contributed by atoms with van der Waals surface area (Å²) in [5.41, 5.74) is 1.94. The van der Waals surface area contributed by atoms with Gasteiger partial charge in [-0.3, -0.25) is 0 Å². The van der Waals surface area contributed by atoms with Crippen molar-refractivity contribution in [3.63, 3.8) is 0 Å². The lowest BCUT2D eigenvalue weighted by molar-refractivity contribution is 0.0934. The van der Waals surface area contributed by atoms with Gasteiger partial charge in [0.05, 0.1) is 12.2 Å². The molecule has 0 aliphatic heterocycles. The molecule has 45 heavy (non-hydrogen) atoms. The second-order valence-electron chi connectivity index (χ2n) is 12.3. The minimum Gasteiger partial charge on any atom is -0.508 e. The highest BCUT2D eigenvalue weighted by Gasteiger charge is 2.25. The first-order chi connectivity index (χ1) is 21.5. The van der Waals surface area contributed by atoms with Crippen molar-refractivity contribution >= 4 is 34.8 Å². The average Bonchev–Trinajstić information content (AvgIpc) is 2.98. The number of ether oxygens (including phenoxy) is 2. The maximum atomic E-state index is 11.2. The van der Waals surface area contributed by atoms with E-state index in [1.54, 1.807) is 38.5 Å². The molecule has 9 heteroatoms. The van der Waals surface area contributed by atoms with Gasteiger partial charge < -0.3 is 29.9 Å². The largest absolute Gasteiger partial charge is 0.508 e. The second kappa shape index (κ2) is 21.3. The van der Waals surface area contributed by atoms with Crippen LogP contribution in [0.25, 0.3) is 0 Å². The summed E-state index contributed by atoms with van der Waals surface area (Å²) < 4.78 is 11.4. The van der Waals surface area contributed by atoms with E-state index >= 15 is 0 Å². The molecule has 0 saturated heterocycles. The smallest absolute Gasteiger partial charge is 0.123 e. The molecule has 2 aromatic rings. The number of phenols is 4. The number of aromatic hydroxyl groups is 4. The molecule has 4 N–H and O–H groups in total. The van der Waals surface area contributed by atoms with Crippen LogP contribution in [0.2, 0.25) is 0 Å². The van der Waals surface area contributed by atoms with Gasteiger partial charge in [-0.15, -0.1) is 34.8 Å². The highest BCUT2D eigenvalue weighted by Crippen LogP contribution is 2.43. The number of hydrogen-bond donors (Lipinski definition) is 4. The van der Waals surface area contributed by atoms with Crippen molar-refractivity contribution in [1.29, 1.82) is 0 Å². The number of hydrogen-bond acceptors (Lipinski definition) is 6. The second-order valence-corrected chi connectivity index (χ2v) is 14.2. The number of phenolic OH excluding ortho intramolecular Hbond substituents is 4. The Morgan fingerprint density at radius 2 is 0.956 bits per heavy atom. The summed E-state index contributed by atoms with van der Waals surface area (Å²) in [6.45, 7) is 4.30. The van der Waals surface area contributed by atoms with E-state index in [4.69, 9.17) is 44.3 Å². The number of rotatable bonds is 23. The summed E-state index contributed by atoms with van der Waals surface area (Å²) in [6, 6.07) is 7.84. The van der Waals surface area contributed by atoms with Crippen LogP contribution in [0.3, 0.4) is 0 Å². The molecule has 6 atom stereocenters. The molecule has 0 radical (unpaired) electrons. The van der Waals surface area contributed by atoms with Gasteiger partial charge in [-0.1, -0.05) is 52.4 Å². The zero-order chi connectivity index (χ0) is 33.4. The Hall–Kier alpha value is -1.57. The van der Waals surface area contributed by atoms with E-state index in [1.165, 1.54) is 6.07 Å². The Bertz CT molecular complexity index is 1070. The quantitative estimate of drug-likeness (QED) is 0.0867. The van der Waals surface area contributed by atoms with Gasteiger partial charge in [0.2, 0.25) is 0 Å². The molecule has 0 saturated carbocycles. The molecule has 0 spiro atoms. The van der Waals surface area contributed by atoms with Crippen molar-refractivity contribution in [2.45, 2.75) is 138 Å². The van der Waals surface area contributed by atoms with Crippen molar-refractivity contribution in [2.24, 2.45) is 0 Å². The minimum atomic E-state index is -0.369. The molecule has 0 fully saturated rings. The third kappa shape index (κ3) is 14.0. The molecule has 0 heterocycles. The van der Waals surface area contributed by atoms with Gasteiger partial charge in [-0.05, 0) is 92.7 Å². The van der Waals surface area contributed by atoms with Crippen LogP contribution in [-0.4, -0.2) is 50.8 Å². The van der Waals surface area contributed by atoms with Gasteiger partial charge >= 0.3 is 0 Å². The molecule has 0 aliphatic rings. The molecule has 2 aromatic carbocycles. The Kier molecular flexibility index (Phi) is 18.8. The molecule has 1 unspecified atom stereocenters. The topological polar surface area (TPSA) is 99.4 Å². The van der Waals surface area contributed by atoms with E-state index < -0.39 is 0 Å². The Labute approximate surface area is 286 Å². The predicted molar refractivity (Wildman–Crippen MR) is 187 cm³/mol. The zero-order valence-electron chi connectivity index (χ0n) is 27.5. The third-order valence-electron chi connectivity index (χ3n) is 8.63. The Balaban J connectivity index is 2.03. The summed E-state index contributed by atoms with van der Waals surface area (Å²) in [6.07, 6.45) is 11.5. The number of methoxy groups -OCH3 is 2. The Morgan fingerprint density at radius 3 is 1.44 bits per heavy atom. The van der Waals surface area contributed by atoms with Crippen LogP contribution in [0, 0.1) is 0 Å². The van der Waals surface area contributed by atoms with Crippen molar-refractivity contribution in [1.82, 2.24) is 0 Å². The van der Waals surface area contributed by atoms with Gasteiger partial charge in [-0.2, -0.15) is 0 Å². The number of halogens is 3. The van der Waals surface area contributed by atoms with Crippen molar-refractivity contribution in [2.75, 3.05) is 14.2 Å². The van der Waals surface area contributed by atoms with Gasteiger partial charge in [0.1, 0.15) is 23.0 Å². The van der Waals surface area contributed by atoms with E-state index in [0.29, 0.717) is 36.0 Å². The molecule has 0 amide bonds. The first-order valence-electron chi connectivity index (χ1n) is 16.6. The number of alkyl halides is 3. The van der Waals surface area contributed by atoms with Crippen molar-refractivity contribution in [3.05, 3.63) is 47.0 Å². The standard InChI is InChI=1S/C36H55Cl3O6/c1-5-7-11-24(12-9-15-28(38)21-34(44-3)25-17-30(40)23-31(41)18-25)36-32(42)19-26(20-33(36)43)35(45-4)22-29(39)16-10-14-27(37)13-8-6-2/h17-20,23-24,27-29,34-35,40-43H,5-16,21-22H2,1-4H3/t24-,27?,28+,29+,34+,35+/m0/s1. The lowest BCUT2D eigenvalue weighted by atomic mass is 9.86. The average molecular weight is 690 g/mol. The first-order valence-corrected chi connectivity index (χ1v) is 17.9. The van der Waals surface area contributed by atoms with Crippen LogP contribution in [-0.2, 0) is 9.47 Å². The van der Waals surface area contributed by atoms with E-state index in [2.05, 4.69) is 13.8 Å². The Morgan fingerprint density at radius 1 is 0.556 bits per heavy atom. The maximum absolute atomic E-state index is 11.2. The lowest BCUT2D eigenvalue weighted by Crippen LogP contribution is -2.11.